The molecule has 26 heavy (non-hydrogen) atoms. The molecule has 0 saturated carbocycles. The number of imidazole rings is 1. The van der Waals surface area contributed by atoms with Crippen LogP contribution < -0.4 is 0 Å². The Bertz CT molecular complexity index is 1130. The predicted octanol–water partition coefficient (Wildman–Crippen LogP) is 5.04. The molecule has 0 bridgehead atoms. The first kappa shape index (κ1) is 16.0. The van der Waals surface area contributed by atoms with Gasteiger partial charge in [-0.15, -0.1) is 0 Å². The van der Waals surface area contributed by atoms with Crippen molar-refractivity contribution >= 4 is 17.0 Å². The summed E-state index contributed by atoms with van der Waals surface area (Å²) in [4.78, 5) is 18.9. The van der Waals surface area contributed by atoms with Gasteiger partial charge < -0.3 is 10.1 Å². The van der Waals surface area contributed by atoms with E-state index in [0.717, 1.165) is 22.3 Å². The number of hydrogen-bond acceptors (Lipinski definition) is 2. The fourth-order valence-corrected chi connectivity index (χ4v) is 3.09. The summed E-state index contributed by atoms with van der Waals surface area (Å²) in [5.74, 6) is -0.626. The zero-order valence-corrected chi connectivity index (χ0v) is 14.0. The van der Waals surface area contributed by atoms with Crippen LogP contribution in [0.4, 0.5) is 4.39 Å². The number of carboxylic acid groups (broad SMARTS) is 1. The molecular formula is C21H15FN2O2. The largest absolute Gasteiger partial charge is 0.478 e. The summed E-state index contributed by atoms with van der Waals surface area (Å²) in [6, 6.07) is 17.5. The third kappa shape index (κ3) is 2.84. The average molecular weight is 346 g/mol. The maximum absolute atomic E-state index is 13.4. The number of nitrogens with zero attached hydrogens (tertiary/aromatic N) is 1. The van der Waals surface area contributed by atoms with Crippen LogP contribution in [0.15, 0.2) is 60.7 Å². The lowest BCUT2D eigenvalue weighted by molar-refractivity contribution is 0.0699. The quantitative estimate of drug-likeness (QED) is 0.546. The van der Waals surface area contributed by atoms with Gasteiger partial charge in [0.15, 0.2) is 0 Å². The maximum Gasteiger partial charge on any atom is 0.337 e. The van der Waals surface area contributed by atoms with E-state index in [0.29, 0.717) is 16.9 Å². The SMILES string of the molecule is Cc1nc2c(C(=O)O)cc(-c3ccc(-c4cccc(F)c4)cc3)cc2[nH]1. The van der Waals surface area contributed by atoms with E-state index in [1.54, 1.807) is 19.1 Å². The van der Waals surface area contributed by atoms with Gasteiger partial charge in [0, 0.05) is 0 Å². The number of benzene rings is 3. The van der Waals surface area contributed by atoms with Crippen molar-refractivity contribution in [3.8, 4) is 22.3 Å². The summed E-state index contributed by atoms with van der Waals surface area (Å²) in [5.41, 5.74) is 4.65. The number of aromatic carboxylic acids is 1. The summed E-state index contributed by atoms with van der Waals surface area (Å²) in [6.07, 6.45) is 0. The molecule has 0 fully saturated rings. The Morgan fingerprint density at radius 3 is 2.31 bits per heavy atom. The monoisotopic (exact) mass is 346 g/mol. The maximum atomic E-state index is 13.4. The molecule has 3 aromatic carbocycles. The fraction of sp³-hybridized carbons (Fsp3) is 0.0476. The fourth-order valence-electron chi connectivity index (χ4n) is 3.09. The average Bonchev–Trinajstić information content (AvgIpc) is 3.01. The van der Waals surface area contributed by atoms with Crippen LogP contribution in [0, 0.1) is 12.7 Å². The van der Waals surface area contributed by atoms with E-state index < -0.39 is 5.97 Å². The number of carboxylic acids is 1. The molecule has 4 rings (SSSR count). The molecule has 1 aromatic heterocycles. The van der Waals surface area contributed by atoms with E-state index in [-0.39, 0.29) is 11.4 Å². The van der Waals surface area contributed by atoms with Gasteiger partial charge in [-0.25, -0.2) is 14.2 Å². The first-order valence-corrected chi connectivity index (χ1v) is 8.11. The Labute approximate surface area is 149 Å². The van der Waals surface area contributed by atoms with Crippen molar-refractivity contribution in [2.75, 3.05) is 0 Å². The highest BCUT2D eigenvalue weighted by Crippen LogP contribution is 2.29. The first-order chi connectivity index (χ1) is 12.5. The highest BCUT2D eigenvalue weighted by molar-refractivity contribution is 6.03. The highest BCUT2D eigenvalue weighted by Gasteiger charge is 2.14. The number of rotatable bonds is 3. The van der Waals surface area contributed by atoms with E-state index in [9.17, 15) is 14.3 Å². The lowest BCUT2D eigenvalue weighted by Gasteiger charge is -2.07. The Kier molecular flexibility index (Phi) is 3.77. The number of aryl methyl sites for hydroxylation is 1. The van der Waals surface area contributed by atoms with E-state index in [2.05, 4.69) is 9.97 Å². The van der Waals surface area contributed by atoms with Gasteiger partial charge in [-0.1, -0.05) is 36.4 Å². The van der Waals surface area contributed by atoms with Crippen molar-refractivity contribution in [3.63, 3.8) is 0 Å². The third-order valence-corrected chi connectivity index (χ3v) is 4.31. The number of nitrogens with one attached hydrogen (secondary N) is 1. The minimum atomic E-state index is -1.01. The minimum absolute atomic E-state index is 0.163. The number of fused-ring (bicyclic) bond motifs is 1. The molecule has 2 N–H and O–H groups in total. The van der Waals surface area contributed by atoms with E-state index >= 15 is 0 Å². The standard InChI is InChI=1S/C21H15FN2O2/c1-12-23-19-11-16(10-18(21(25)26)20(19)24-12)14-7-5-13(6-8-14)15-3-2-4-17(22)9-15/h2-11H,1H3,(H,23,24)(H,25,26). The van der Waals surface area contributed by atoms with Gasteiger partial charge in [0.2, 0.25) is 0 Å². The van der Waals surface area contributed by atoms with Gasteiger partial charge in [-0.05, 0) is 53.4 Å². The minimum Gasteiger partial charge on any atom is -0.478 e. The lowest BCUT2D eigenvalue weighted by Crippen LogP contribution is -1.98. The molecule has 0 radical (unpaired) electrons. The van der Waals surface area contributed by atoms with Crippen LogP contribution in [0.2, 0.25) is 0 Å². The van der Waals surface area contributed by atoms with Crippen LogP contribution >= 0.6 is 0 Å². The number of aromatic amines is 1. The molecule has 0 unspecified atom stereocenters. The summed E-state index contributed by atoms with van der Waals surface area (Å²) in [5, 5.41) is 9.49. The first-order valence-electron chi connectivity index (χ1n) is 8.11. The van der Waals surface area contributed by atoms with Crippen LogP contribution in [-0.2, 0) is 0 Å². The van der Waals surface area contributed by atoms with E-state index in [4.69, 9.17) is 0 Å². The summed E-state index contributed by atoms with van der Waals surface area (Å²) in [6.45, 7) is 1.79. The lowest BCUT2D eigenvalue weighted by atomic mass is 9.98. The normalized spacial score (nSPS) is 11.0. The second-order valence-electron chi connectivity index (χ2n) is 6.14. The summed E-state index contributed by atoms with van der Waals surface area (Å²) >= 11 is 0. The molecule has 0 atom stereocenters. The van der Waals surface area contributed by atoms with Crippen LogP contribution in [-0.4, -0.2) is 21.0 Å². The van der Waals surface area contributed by atoms with Crippen molar-refractivity contribution in [1.29, 1.82) is 0 Å². The van der Waals surface area contributed by atoms with Crippen molar-refractivity contribution < 1.29 is 14.3 Å². The third-order valence-electron chi connectivity index (χ3n) is 4.31. The van der Waals surface area contributed by atoms with Crippen LogP contribution in [0.5, 0.6) is 0 Å². The van der Waals surface area contributed by atoms with Crippen LogP contribution in [0.25, 0.3) is 33.3 Å². The number of carbonyl (C=O) groups is 1. The molecule has 128 valence electrons. The van der Waals surface area contributed by atoms with E-state index in [1.807, 2.05) is 36.4 Å². The van der Waals surface area contributed by atoms with Gasteiger partial charge >= 0.3 is 5.97 Å². The van der Waals surface area contributed by atoms with Gasteiger partial charge in [0.05, 0.1) is 11.1 Å². The van der Waals surface area contributed by atoms with E-state index in [1.165, 1.54) is 12.1 Å². The van der Waals surface area contributed by atoms with Crippen molar-refractivity contribution in [2.45, 2.75) is 6.92 Å². The Morgan fingerprint density at radius 2 is 1.65 bits per heavy atom. The smallest absolute Gasteiger partial charge is 0.337 e. The van der Waals surface area contributed by atoms with Crippen LogP contribution in [0.3, 0.4) is 0 Å². The Morgan fingerprint density at radius 1 is 0.962 bits per heavy atom. The topological polar surface area (TPSA) is 66.0 Å². The molecule has 1 heterocycles. The van der Waals surface area contributed by atoms with Gasteiger partial charge in [-0.3, -0.25) is 0 Å². The molecule has 5 heteroatoms. The zero-order chi connectivity index (χ0) is 18.3. The zero-order valence-electron chi connectivity index (χ0n) is 14.0. The number of H-pyrrole nitrogens is 1. The Balaban J connectivity index is 1.79. The predicted molar refractivity (Wildman–Crippen MR) is 98.6 cm³/mol. The van der Waals surface area contributed by atoms with Crippen molar-refractivity contribution in [2.24, 2.45) is 0 Å². The highest BCUT2D eigenvalue weighted by atomic mass is 19.1. The van der Waals surface area contributed by atoms with Gasteiger partial charge in [0.1, 0.15) is 17.2 Å². The second-order valence-corrected chi connectivity index (χ2v) is 6.14. The summed E-state index contributed by atoms with van der Waals surface area (Å²) in [7, 11) is 0. The molecular weight excluding hydrogens is 331 g/mol. The Hall–Kier alpha value is -3.47. The molecule has 0 aliphatic rings. The van der Waals surface area contributed by atoms with Crippen molar-refractivity contribution in [3.05, 3.63) is 77.9 Å². The number of halogens is 1. The number of hydrogen-bond donors (Lipinski definition) is 2. The second kappa shape index (κ2) is 6.11. The molecule has 0 aliphatic heterocycles. The molecule has 4 aromatic rings. The molecule has 0 saturated heterocycles. The molecule has 0 spiro atoms. The molecule has 0 aliphatic carbocycles. The van der Waals surface area contributed by atoms with Crippen LogP contribution in [0.1, 0.15) is 16.2 Å². The van der Waals surface area contributed by atoms with Gasteiger partial charge in [0.25, 0.3) is 0 Å². The number of aromatic nitrogens is 2. The van der Waals surface area contributed by atoms with Gasteiger partial charge in [-0.2, -0.15) is 0 Å². The summed E-state index contributed by atoms with van der Waals surface area (Å²) < 4.78 is 13.4. The molecule has 4 nitrogen and oxygen atoms in total. The molecule has 0 amide bonds. The van der Waals surface area contributed by atoms with Crippen molar-refractivity contribution in [1.82, 2.24) is 9.97 Å².